The van der Waals surface area contributed by atoms with Gasteiger partial charge in [-0.2, -0.15) is 0 Å². The Hall–Kier alpha value is -2.42. The van der Waals surface area contributed by atoms with Crippen LogP contribution in [0.5, 0.6) is 0 Å². The zero-order valence-corrected chi connectivity index (χ0v) is 17.9. The number of nitrogens with zero attached hydrogens (tertiary/aromatic N) is 1. The van der Waals surface area contributed by atoms with Gasteiger partial charge < -0.3 is 19.7 Å². The van der Waals surface area contributed by atoms with Crippen LogP contribution in [0.25, 0.3) is 0 Å². The van der Waals surface area contributed by atoms with Crippen molar-refractivity contribution in [2.75, 3.05) is 26.3 Å². The molecule has 0 unspecified atom stereocenters. The van der Waals surface area contributed by atoms with E-state index in [2.05, 4.69) is 5.32 Å². The van der Waals surface area contributed by atoms with E-state index in [-0.39, 0.29) is 43.3 Å². The number of Topliss-reactive ketones (excluding diaryl/α,β-unsaturated/α-hetero) is 1. The van der Waals surface area contributed by atoms with Crippen molar-refractivity contribution in [3.63, 3.8) is 0 Å². The molecule has 160 valence electrons. The summed E-state index contributed by atoms with van der Waals surface area (Å²) in [6.07, 6.45) is 0.898. The van der Waals surface area contributed by atoms with Crippen molar-refractivity contribution in [2.45, 2.75) is 52.5 Å². The van der Waals surface area contributed by atoms with Gasteiger partial charge in [-0.3, -0.25) is 14.4 Å². The van der Waals surface area contributed by atoms with E-state index in [9.17, 15) is 19.2 Å². The summed E-state index contributed by atoms with van der Waals surface area (Å²) in [7, 11) is 0. The molecule has 1 aromatic rings. The van der Waals surface area contributed by atoms with Crippen LogP contribution in [0, 0.1) is 13.8 Å². The number of hydrogen-bond donors (Lipinski definition) is 1. The number of likely N-dealkylation sites (tertiary alicyclic amines) is 1. The van der Waals surface area contributed by atoms with Crippen LogP contribution in [-0.4, -0.2) is 61.0 Å². The summed E-state index contributed by atoms with van der Waals surface area (Å²) in [6, 6.07) is 1.76. The van der Waals surface area contributed by atoms with E-state index in [0.29, 0.717) is 38.1 Å². The molecular formula is C20H28N2O6S. The van der Waals surface area contributed by atoms with E-state index in [0.717, 1.165) is 9.75 Å². The topological polar surface area (TPSA) is 102 Å². The molecule has 1 aliphatic heterocycles. The lowest BCUT2D eigenvalue weighted by Crippen LogP contribution is -2.47. The Bertz CT molecular complexity index is 752. The second-order valence-corrected chi connectivity index (χ2v) is 8.40. The number of aryl methyl sites for hydroxylation is 2. The molecule has 2 rings (SSSR count). The minimum absolute atomic E-state index is 0.0572. The number of piperidine rings is 1. The number of thiophene rings is 1. The third-order valence-electron chi connectivity index (χ3n) is 4.65. The molecule has 1 aromatic heterocycles. The lowest BCUT2D eigenvalue weighted by molar-refractivity contribution is -0.148. The van der Waals surface area contributed by atoms with Gasteiger partial charge in [-0.1, -0.05) is 0 Å². The molecule has 2 amide bonds. The van der Waals surface area contributed by atoms with E-state index in [4.69, 9.17) is 9.47 Å². The number of amides is 2. The SMILES string of the molecule is CCOC(=O)N1CCC(NC(=O)COC(=O)CCC(=O)c2cc(C)sc2C)CC1. The number of ether oxygens (including phenoxy) is 2. The van der Waals surface area contributed by atoms with Crippen LogP contribution in [0.15, 0.2) is 6.07 Å². The highest BCUT2D eigenvalue weighted by Crippen LogP contribution is 2.22. The smallest absolute Gasteiger partial charge is 0.409 e. The van der Waals surface area contributed by atoms with Crippen molar-refractivity contribution in [1.29, 1.82) is 0 Å². The van der Waals surface area contributed by atoms with Crippen molar-refractivity contribution in [1.82, 2.24) is 10.2 Å². The predicted octanol–water partition coefficient (Wildman–Crippen LogP) is 2.61. The lowest BCUT2D eigenvalue weighted by atomic mass is 10.1. The van der Waals surface area contributed by atoms with Crippen LogP contribution >= 0.6 is 11.3 Å². The Kier molecular flexibility index (Phi) is 8.63. The Balaban J connectivity index is 1.64. The molecule has 8 nitrogen and oxygen atoms in total. The van der Waals surface area contributed by atoms with Crippen LogP contribution in [0.2, 0.25) is 0 Å². The number of carbonyl (C=O) groups is 4. The van der Waals surface area contributed by atoms with Crippen LogP contribution in [0.4, 0.5) is 4.79 Å². The Morgan fingerprint density at radius 1 is 1.14 bits per heavy atom. The zero-order valence-electron chi connectivity index (χ0n) is 17.1. The van der Waals surface area contributed by atoms with Gasteiger partial charge in [0.25, 0.3) is 5.91 Å². The average molecular weight is 425 g/mol. The van der Waals surface area contributed by atoms with Gasteiger partial charge in [-0.05, 0) is 39.7 Å². The Labute approximate surface area is 174 Å². The molecule has 1 saturated heterocycles. The molecule has 0 atom stereocenters. The maximum absolute atomic E-state index is 12.2. The molecule has 0 radical (unpaired) electrons. The summed E-state index contributed by atoms with van der Waals surface area (Å²) in [5.74, 6) is -1.06. The molecule has 0 spiro atoms. The minimum atomic E-state index is -0.574. The molecule has 1 fully saturated rings. The van der Waals surface area contributed by atoms with Crippen molar-refractivity contribution in [2.24, 2.45) is 0 Å². The van der Waals surface area contributed by atoms with Gasteiger partial charge in [0.05, 0.1) is 13.0 Å². The first-order valence-electron chi connectivity index (χ1n) is 9.77. The van der Waals surface area contributed by atoms with E-state index in [1.54, 1.807) is 23.2 Å². The molecule has 0 saturated carbocycles. The summed E-state index contributed by atoms with van der Waals surface area (Å²) in [4.78, 5) is 51.3. The molecule has 1 aliphatic rings. The standard InChI is InChI=1S/C20H28N2O6S/c1-4-27-20(26)22-9-7-15(8-10-22)21-18(24)12-28-19(25)6-5-17(23)16-11-13(2)29-14(16)3/h11,15H,4-10,12H2,1-3H3,(H,21,24). The van der Waals surface area contributed by atoms with Crippen LogP contribution < -0.4 is 5.32 Å². The number of rotatable bonds is 8. The van der Waals surface area contributed by atoms with Gasteiger partial charge in [0, 0.05) is 40.9 Å². The highest BCUT2D eigenvalue weighted by atomic mass is 32.1. The summed E-state index contributed by atoms with van der Waals surface area (Å²) < 4.78 is 9.93. The third kappa shape index (κ3) is 7.16. The Morgan fingerprint density at radius 3 is 2.41 bits per heavy atom. The van der Waals surface area contributed by atoms with Gasteiger partial charge >= 0.3 is 12.1 Å². The fraction of sp³-hybridized carbons (Fsp3) is 0.600. The van der Waals surface area contributed by atoms with Crippen LogP contribution in [0.1, 0.15) is 52.7 Å². The second kappa shape index (κ2) is 10.9. The molecule has 1 N–H and O–H groups in total. The van der Waals surface area contributed by atoms with Gasteiger partial charge in [0.15, 0.2) is 12.4 Å². The van der Waals surface area contributed by atoms with E-state index in [1.165, 1.54) is 0 Å². The summed E-state index contributed by atoms with van der Waals surface area (Å²) >= 11 is 1.55. The third-order valence-corrected chi connectivity index (χ3v) is 5.61. The molecule has 0 aliphatic carbocycles. The number of nitrogens with one attached hydrogen (secondary N) is 1. The highest BCUT2D eigenvalue weighted by molar-refractivity contribution is 7.12. The fourth-order valence-electron chi connectivity index (χ4n) is 3.17. The molecule has 0 bridgehead atoms. The largest absolute Gasteiger partial charge is 0.456 e. The van der Waals surface area contributed by atoms with Gasteiger partial charge in [0.1, 0.15) is 0 Å². The first kappa shape index (κ1) is 22.9. The monoisotopic (exact) mass is 424 g/mol. The number of carbonyl (C=O) groups excluding carboxylic acids is 4. The zero-order chi connectivity index (χ0) is 21.4. The first-order valence-corrected chi connectivity index (χ1v) is 10.6. The number of ketones is 1. The van der Waals surface area contributed by atoms with Crippen LogP contribution in [0.3, 0.4) is 0 Å². The first-order chi connectivity index (χ1) is 13.8. The lowest BCUT2D eigenvalue weighted by Gasteiger charge is -2.31. The van der Waals surface area contributed by atoms with E-state index in [1.807, 2.05) is 19.9 Å². The molecule has 29 heavy (non-hydrogen) atoms. The van der Waals surface area contributed by atoms with Gasteiger partial charge in [-0.25, -0.2) is 4.79 Å². The number of hydrogen-bond acceptors (Lipinski definition) is 7. The normalized spacial score (nSPS) is 14.4. The number of esters is 1. The molecular weight excluding hydrogens is 396 g/mol. The Morgan fingerprint density at radius 2 is 1.83 bits per heavy atom. The summed E-state index contributed by atoms with van der Waals surface area (Å²) in [5.41, 5.74) is 0.646. The van der Waals surface area contributed by atoms with E-state index >= 15 is 0 Å². The highest BCUT2D eigenvalue weighted by Gasteiger charge is 2.24. The van der Waals surface area contributed by atoms with Crippen molar-refractivity contribution < 1.29 is 28.7 Å². The van der Waals surface area contributed by atoms with Gasteiger partial charge in [-0.15, -0.1) is 11.3 Å². The minimum Gasteiger partial charge on any atom is -0.456 e. The van der Waals surface area contributed by atoms with Crippen LogP contribution in [-0.2, 0) is 19.1 Å². The molecule has 2 heterocycles. The van der Waals surface area contributed by atoms with Gasteiger partial charge in [0.2, 0.25) is 0 Å². The van der Waals surface area contributed by atoms with E-state index < -0.39 is 5.97 Å². The van der Waals surface area contributed by atoms with Crippen molar-refractivity contribution in [3.05, 3.63) is 21.4 Å². The van der Waals surface area contributed by atoms with Crippen molar-refractivity contribution >= 4 is 35.1 Å². The maximum atomic E-state index is 12.2. The van der Waals surface area contributed by atoms with Crippen molar-refractivity contribution in [3.8, 4) is 0 Å². The molecule has 9 heteroatoms. The summed E-state index contributed by atoms with van der Waals surface area (Å²) in [5, 5.41) is 2.81. The quantitative estimate of drug-likeness (QED) is 0.508. The summed E-state index contributed by atoms with van der Waals surface area (Å²) in [6.45, 7) is 6.54. The second-order valence-electron chi connectivity index (χ2n) is 6.94. The fourth-order valence-corrected chi connectivity index (χ4v) is 4.11. The predicted molar refractivity (Wildman–Crippen MR) is 108 cm³/mol. The molecule has 0 aromatic carbocycles. The average Bonchev–Trinajstić information content (AvgIpc) is 3.03. The maximum Gasteiger partial charge on any atom is 0.409 e.